The van der Waals surface area contributed by atoms with Gasteiger partial charge in [0.1, 0.15) is 18.2 Å². The van der Waals surface area contributed by atoms with Crippen molar-refractivity contribution in [1.82, 2.24) is 0 Å². The highest BCUT2D eigenvalue weighted by Gasteiger charge is 2.25. The van der Waals surface area contributed by atoms with Gasteiger partial charge in [-0.05, 0) is 77.8 Å². The molecule has 2 rings (SSSR count). The number of carbonyl (C=O) groups excluding carboxylic acids is 4. The summed E-state index contributed by atoms with van der Waals surface area (Å²) in [4.78, 5) is 49.0. The van der Waals surface area contributed by atoms with Crippen LogP contribution >= 0.6 is 0 Å². The molecule has 0 heterocycles. The topological polar surface area (TPSA) is 150 Å². The molecule has 0 aromatic heterocycles. The molecule has 2 aromatic rings. The molecule has 11 heteroatoms. The monoisotopic (exact) mass is 545 g/mol. The van der Waals surface area contributed by atoms with E-state index >= 15 is 0 Å². The van der Waals surface area contributed by atoms with E-state index in [4.69, 9.17) is 34.2 Å². The molecule has 212 valence electrons. The number of hydrogen-bond acceptors (Lipinski definition) is 11. The van der Waals surface area contributed by atoms with Crippen LogP contribution in [0.1, 0.15) is 57.5 Å². The number of hydrogen-bond donors (Lipinski definition) is 1. The number of nitrogens with two attached hydrogens (primary N) is 1. The summed E-state index contributed by atoms with van der Waals surface area (Å²) in [5.41, 5.74) is 6.91. The van der Waals surface area contributed by atoms with Gasteiger partial charge >= 0.3 is 24.2 Å². The van der Waals surface area contributed by atoms with Crippen LogP contribution in [0.5, 0.6) is 11.5 Å². The minimum absolute atomic E-state index is 0.00392. The van der Waals surface area contributed by atoms with Crippen LogP contribution in [0, 0.1) is 0 Å². The summed E-state index contributed by atoms with van der Waals surface area (Å²) in [7, 11) is 0. The lowest BCUT2D eigenvalue weighted by Gasteiger charge is -2.22. The Kier molecular flexibility index (Phi) is 11.7. The molecule has 0 aliphatic heterocycles. The predicted octanol–water partition coefficient (Wildman–Crippen LogP) is 4.58. The Morgan fingerprint density at radius 1 is 0.692 bits per heavy atom. The van der Waals surface area contributed by atoms with Crippen LogP contribution in [0.25, 0.3) is 0 Å². The van der Waals surface area contributed by atoms with Crippen LogP contribution in [0.2, 0.25) is 0 Å². The van der Waals surface area contributed by atoms with E-state index in [1.165, 1.54) is 12.1 Å². The van der Waals surface area contributed by atoms with Gasteiger partial charge in [0.15, 0.2) is 11.5 Å². The van der Waals surface area contributed by atoms with E-state index in [0.29, 0.717) is 11.1 Å². The van der Waals surface area contributed by atoms with Gasteiger partial charge in [-0.1, -0.05) is 24.3 Å². The van der Waals surface area contributed by atoms with Gasteiger partial charge in [0, 0.05) is 0 Å². The van der Waals surface area contributed by atoms with Gasteiger partial charge < -0.3 is 34.2 Å². The molecule has 0 radical (unpaired) electrons. The highest BCUT2D eigenvalue weighted by Crippen LogP contribution is 2.30. The van der Waals surface area contributed by atoms with Gasteiger partial charge in [-0.25, -0.2) is 14.4 Å². The van der Waals surface area contributed by atoms with Crippen LogP contribution in [0.4, 0.5) is 9.59 Å². The fourth-order valence-electron chi connectivity index (χ4n) is 3.07. The largest absolute Gasteiger partial charge is 0.514 e. The first kappa shape index (κ1) is 31.1. The molecule has 11 nitrogen and oxygen atoms in total. The second-order valence-corrected chi connectivity index (χ2v) is 9.25. The molecule has 0 spiro atoms. The van der Waals surface area contributed by atoms with Crippen LogP contribution < -0.4 is 15.2 Å². The van der Waals surface area contributed by atoms with E-state index in [9.17, 15) is 19.2 Å². The maximum atomic E-state index is 12.6. The normalized spacial score (nSPS) is 13.2. The van der Waals surface area contributed by atoms with Gasteiger partial charge in [0.2, 0.25) is 0 Å². The molecule has 0 aliphatic carbocycles. The first-order valence-corrected chi connectivity index (χ1v) is 12.5. The van der Waals surface area contributed by atoms with E-state index in [1.54, 1.807) is 77.9 Å². The lowest BCUT2D eigenvalue weighted by Crippen LogP contribution is -2.39. The van der Waals surface area contributed by atoms with Crippen molar-refractivity contribution in [3.05, 3.63) is 59.7 Å². The van der Waals surface area contributed by atoms with Gasteiger partial charge in [-0.2, -0.15) is 0 Å². The number of benzene rings is 2. The van der Waals surface area contributed by atoms with Crippen LogP contribution in [-0.4, -0.2) is 54.7 Å². The third kappa shape index (κ3) is 10.6. The Balaban J connectivity index is 2.06. The number of esters is 2. The molecule has 2 N–H and O–H groups in total. The summed E-state index contributed by atoms with van der Waals surface area (Å²) in [5, 5.41) is 0. The third-order valence-electron chi connectivity index (χ3n) is 5.08. The Bertz CT molecular complexity index is 1130. The van der Waals surface area contributed by atoms with Crippen LogP contribution in [-0.2, 0) is 30.2 Å². The van der Waals surface area contributed by atoms with Crippen molar-refractivity contribution >= 4 is 24.2 Å². The maximum absolute atomic E-state index is 12.6. The average Bonchev–Trinajstić information content (AvgIpc) is 2.84. The number of rotatable bonds is 11. The maximum Gasteiger partial charge on any atom is 0.514 e. The quantitative estimate of drug-likeness (QED) is 0.240. The molecular weight excluding hydrogens is 510 g/mol. The highest BCUT2D eigenvalue weighted by atomic mass is 16.7. The molecule has 0 amide bonds. The lowest BCUT2D eigenvalue weighted by molar-refractivity contribution is -0.154. The Morgan fingerprint density at radius 3 is 1.79 bits per heavy atom. The molecule has 39 heavy (non-hydrogen) atoms. The van der Waals surface area contributed by atoms with Gasteiger partial charge in [0.25, 0.3) is 0 Å². The molecule has 0 saturated carbocycles. The van der Waals surface area contributed by atoms with E-state index in [0.717, 1.165) is 0 Å². The zero-order chi connectivity index (χ0) is 29.1. The number of ether oxygens (including phenoxy) is 6. The lowest BCUT2D eigenvalue weighted by atomic mass is 10.1. The smallest absolute Gasteiger partial charge is 0.458 e. The van der Waals surface area contributed by atoms with Crippen LogP contribution in [0.3, 0.4) is 0 Å². The zero-order valence-electron chi connectivity index (χ0n) is 22.9. The second-order valence-electron chi connectivity index (χ2n) is 9.25. The Labute approximate surface area is 227 Å². The molecule has 3 atom stereocenters. The van der Waals surface area contributed by atoms with Crippen molar-refractivity contribution in [3.63, 3.8) is 0 Å². The summed E-state index contributed by atoms with van der Waals surface area (Å²) in [6.07, 6.45) is -4.39. The second kappa shape index (κ2) is 14.7. The Hall–Kier alpha value is -4.12. The molecule has 0 unspecified atom stereocenters. The number of carbonyl (C=O) groups is 4. The van der Waals surface area contributed by atoms with Crippen molar-refractivity contribution in [2.24, 2.45) is 5.73 Å². The third-order valence-corrected chi connectivity index (χ3v) is 5.08. The first-order chi connectivity index (χ1) is 18.3. The molecule has 0 fully saturated rings. The minimum atomic E-state index is -1.10. The zero-order valence-corrected chi connectivity index (χ0v) is 22.9. The molecular formula is C28H35NO10. The van der Waals surface area contributed by atoms with Crippen LogP contribution in [0.15, 0.2) is 48.5 Å². The summed E-state index contributed by atoms with van der Waals surface area (Å²) in [6.45, 7) is 9.78. The van der Waals surface area contributed by atoms with E-state index in [2.05, 4.69) is 0 Å². The van der Waals surface area contributed by atoms with E-state index in [-0.39, 0.29) is 17.9 Å². The van der Waals surface area contributed by atoms with Gasteiger partial charge in [0.05, 0.1) is 17.8 Å². The van der Waals surface area contributed by atoms with Gasteiger partial charge in [-0.3, -0.25) is 4.79 Å². The summed E-state index contributed by atoms with van der Waals surface area (Å²) in [6, 6.07) is 11.6. The standard InChI is InChI=1S/C28H35NO10/c1-16(2)34-27(32)38-23-13-12-20(15-24(23)39-28(33)35-17(3)4)14-22(29)26(31)37-19(6)18(5)36-25(30)21-10-8-7-9-11-21/h7-13,15-19,22H,14,29H2,1-6H3/t18-,19+,22-/m0/s1. The first-order valence-electron chi connectivity index (χ1n) is 12.5. The molecule has 0 bridgehead atoms. The van der Waals surface area contributed by atoms with Crippen molar-refractivity contribution in [2.75, 3.05) is 0 Å². The van der Waals surface area contributed by atoms with Crippen molar-refractivity contribution in [1.29, 1.82) is 0 Å². The fraction of sp³-hybridized carbons (Fsp3) is 0.429. The summed E-state index contributed by atoms with van der Waals surface area (Å²) < 4.78 is 31.1. The summed E-state index contributed by atoms with van der Waals surface area (Å²) in [5.74, 6) is -1.50. The SMILES string of the molecule is CC(C)OC(=O)Oc1ccc(C[C@H](N)C(=O)O[C@H](C)[C@H](C)OC(=O)c2ccccc2)cc1OC(=O)OC(C)C. The van der Waals surface area contributed by atoms with Crippen molar-refractivity contribution < 1.29 is 47.6 Å². The molecule has 2 aromatic carbocycles. The van der Waals surface area contributed by atoms with Crippen molar-refractivity contribution in [2.45, 2.75) is 78.4 Å². The van der Waals surface area contributed by atoms with Crippen molar-refractivity contribution in [3.8, 4) is 11.5 Å². The molecule has 0 saturated heterocycles. The van der Waals surface area contributed by atoms with E-state index in [1.807, 2.05) is 0 Å². The average molecular weight is 546 g/mol. The Morgan fingerprint density at radius 2 is 1.23 bits per heavy atom. The predicted molar refractivity (Wildman–Crippen MR) is 139 cm³/mol. The van der Waals surface area contributed by atoms with Gasteiger partial charge in [-0.15, -0.1) is 0 Å². The molecule has 0 aliphatic rings. The minimum Gasteiger partial charge on any atom is -0.458 e. The fourth-order valence-corrected chi connectivity index (χ4v) is 3.07. The van der Waals surface area contributed by atoms with E-state index < -0.39 is 54.7 Å². The highest BCUT2D eigenvalue weighted by molar-refractivity contribution is 5.89. The summed E-state index contributed by atoms with van der Waals surface area (Å²) >= 11 is 0.